The third kappa shape index (κ3) is 4.91. The molecule has 7 nitrogen and oxygen atoms in total. The number of nitrogens with one attached hydrogen (secondary N) is 1. The van der Waals surface area contributed by atoms with Gasteiger partial charge in [0.05, 0.1) is 16.8 Å². The number of hydrogen-bond donors (Lipinski definition) is 1. The maximum atomic E-state index is 14.8. The molecule has 1 aromatic rings. The summed E-state index contributed by atoms with van der Waals surface area (Å²) in [5.41, 5.74) is -2.57. The Morgan fingerprint density at radius 3 is 2.28 bits per heavy atom. The third-order valence-electron chi connectivity index (χ3n) is 6.04. The molecule has 2 aliphatic rings. The fourth-order valence-corrected chi connectivity index (χ4v) is 3.53. The van der Waals surface area contributed by atoms with Crippen LogP contribution in [0.5, 0.6) is 0 Å². The van der Waals surface area contributed by atoms with Gasteiger partial charge in [-0.15, -0.1) is 0 Å². The Morgan fingerprint density at radius 2 is 1.72 bits per heavy atom. The molecule has 2 fully saturated rings. The van der Waals surface area contributed by atoms with Crippen LogP contribution >= 0.6 is 0 Å². The molecule has 2 saturated heterocycles. The molecule has 2 aliphatic heterocycles. The predicted molar refractivity (Wildman–Crippen MR) is 116 cm³/mol. The van der Waals surface area contributed by atoms with Crippen molar-refractivity contribution in [2.24, 2.45) is 0 Å². The molecular weight excluding hydrogens is 421 g/mol. The molecule has 1 atom stereocenters. The van der Waals surface area contributed by atoms with Gasteiger partial charge >= 0.3 is 13.2 Å². The zero-order valence-corrected chi connectivity index (χ0v) is 19.7. The number of halogens is 2. The molecule has 176 valence electrons. The van der Waals surface area contributed by atoms with Gasteiger partial charge in [0.1, 0.15) is 5.60 Å². The van der Waals surface area contributed by atoms with E-state index in [0.29, 0.717) is 13.0 Å². The molecule has 0 aromatic heterocycles. The number of ether oxygens (including phenoxy) is 1. The normalized spacial score (nSPS) is 22.2. The molecule has 0 aliphatic carbocycles. The van der Waals surface area contributed by atoms with Crippen LogP contribution in [-0.4, -0.2) is 60.0 Å². The summed E-state index contributed by atoms with van der Waals surface area (Å²) >= 11 is 0. The zero-order valence-electron chi connectivity index (χ0n) is 19.7. The summed E-state index contributed by atoms with van der Waals surface area (Å²) in [6.45, 7) is 13.2. The highest BCUT2D eigenvalue weighted by Crippen LogP contribution is 2.36. The summed E-state index contributed by atoms with van der Waals surface area (Å²) < 4.78 is 46.5. The van der Waals surface area contributed by atoms with E-state index in [-0.39, 0.29) is 18.0 Å². The summed E-state index contributed by atoms with van der Waals surface area (Å²) in [4.78, 5) is 26.3. The lowest BCUT2D eigenvalue weighted by Crippen LogP contribution is -2.41. The molecule has 32 heavy (non-hydrogen) atoms. The number of rotatable bonds is 3. The Labute approximate surface area is 187 Å². The van der Waals surface area contributed by atoms with Crippen LogP contribution in [0.4, 0.5) is 13.6 Å². The maximum Gasteiger partial charge on any atom is 0.497 e. The average molecular weight is 452 g/mol. The highest BCUT2D eigenvalue weighted by Gasteiger charge is 2.52. The number of carbonyl (C=O) groups is 2. The van der Waals surface area contributed by atoms with Crippen LogP contribution in [0, 0.1) is 11.6 Å². The van der Waals surface area contributed by atoms with Gasteiger partial charge in [-0.1, -0.05) is 6.07 Å². The van der Waals surface area contributed by atoms with Crippen LogP contribution in [0.3, 0.4) is 0 Å². The summed E-state index contributed by atoms with van der Waals surface area (Å²) in [7, 11) is -1.08. The van der Waals surface area contributed by atoms with E-state index in [2.05, 4.69) is 5.32 Å². The van der Waals surface area contributed by atoms with Gasteiger partial charge in [0.15, 0.2) is 11.6 Å². The highest BCUT2D eigenvalue weighted by atomic mass is 19.2. The summed E-state index contributed by atoms with van der Waals surface area (Å²) in [6.07, 6.45) is 0.0133. The van der Waals surface area contributed by atoms with Gasteiger partial charge in [0.25, 0.3) is 5.91 Å². The van der Waals surface area contributed by atoms with Crippen molar-refractivity contribution >= 4 is 24.6 Å². The molecule has 2 heterocycles. The van der Waals surface area contributed by atoms with E-state index in [9.17, 15) is 18.4 Å². The standard InChI is InChI=1S/C22H31BF2N2O5/c1-20(2,3)30-19(29)27-11-10-13(12-27)26-18(28)14-8-9-15(17(25)16(14)24)23-31-21(4,5)22(6,7)32-23/h8-9,13H,10-12H2,1-7H3,(H,26,28)/t13-/m1/s1. The molecule has 0 bridgehead atoms. The second-order valence-corrected chi connectivity index (χ2v) is 10.3. The van der Waals surface area contributed by atoms with Gasteiger partial charge in [-0.05, 0) is 61.0 Å². The Morgan fingerprint density at radius 1 is 1.12 bits per heavy atom. The van der Waals surface area contributed by atoms with Gasteiger partial charge in [0, 0.05) is 24.6 Å². The van der Waals surface area contributed by atoms with Crippen molar-refractivity contribution in [3.8, 4) is 0 Å². The minimum absolute atomic E-state index is 0.102. The number of nitrogens with zero attached hydrogens (tertiary/aromatic N) is 1. The first kappa shape index (κ1) is 24.4. The number of amides is 2. The molecule has 10 heteroatoms. The van der Waals surface area contributed by atoms with Gasteiger partial charge in [0.2, 0.25) is 0 Å². The molecule has 0 unspecified atom stereocenters. The van der Waals surface area contributed by atoms with Crippen molar-refractivity contribution in [3.63, 3.8) is 0 Å². The largest absolute Gasteiger partial charge is 0.497 e. The highest BCUT2D eigenvalue weighted by molar-refractivity contribution is 6.62. The van der Waals surface area contributed by atoms with E-state index < -0.39 is 53.1 Å². The fraction of sp³-hybridized carbons (Fsp3) is 0.636. The van der Waals surface area contributed by atoms with Crippen molar-refractivity contribution in [1.82, 2.24) is 10.2 Å². The number of likely N-dealkylation sites (tertiary alicyclic amines) is 1. The number of benzene rings is 1. The lowest BCUT2D eigenvalue weighted by molar-refractivity contribution is 0.00578. The molecule has 0 saturated carbocycles. The fourth-order valence-electron chi connectivity index (χ4n) is 3.53. The first-order chi connectivity index (χ1) is 14.6. The Kier molecular flexibility index (Phi) is 6.34. The SMILES string of the molecule is CC(C)(C)OC(=O)N1CC[C@@H](NC(=O)c2ccc(B3OC(C)(C)C(C)(C)O3)c(F)c2F)C1. The van der Waals surface area contributed by atoms with Gasteiger partial charge in [-0.3, -0.25) is 4.79 Å². The first-order valence-corrected chi connectivity index (χ1v) is 10.7. The van der Waals surface area contributed by atoms with Crippen LogP contribution in [0.2, 0.25) is 0 Å². The summed E-state index contributed by atoms with van der Waals surface area (Å²) in [6, 6.07) is 2.13. The van der Waals surface area contributed by atoms with Gasteiger partial charge in [-0.2, -0.15) is 0 Å². The average Bonchev–Trinajstić information content (AvgIpc) is 3.17. The minimum Gasteiger partial charge on any atom is -0.444 e. The van der Waals surface area contributed by atoms with Crippen molar-refractivity contribution < 1.29 is 32.4 Å². The predicted octanol–water partition coefficient (Wildman–Crippen LogP) is 3.00. The van der Waals surface area contributed by atoms with Crippen molar-refractivity contribution in [2.75, 3.05) is 13.1 Å². The molecule has 1 N–H and O–H groups in total. The second kappa shape index (κ2) is 8.30. The van der Waals surface area contributed by atoms with Gasteiger partial charge < -0.3 is 24.3 Å². The molecule has 0 radical (unpaired) electrons. The van der Waals surface area contributed by atoms with E-state index in [1.807, 2.05) is 27.7 Å². The van der Waals surface area contributed by atoms with Crippen LogP contribution in [0.1, 0.15) is 65.2 Å². The molecule has 3 rings (SSSR count). The minimum atomic E-state index is -1.27. The summed E-state index contributed by atoms with van der Waals surface area (Å²) in [5, 5.41) is 2.67. The van der Waals surface area contributed by atoms with Crippen molar-refractivity contribution in [3.05, 3.63) is 29.3 Å². The van der Waals surface area contributed by atoms with Crippen LogP contribution in [0.25, 0.3) is 0 Å². The van der Waals surface area contributed by atoms with Crippen LogP contribution in [-0.2, 0) is 14.0 Å². The van der Waals surface area contributed by atoms with E-state index in [4.69, 9.17) is 14.0 Å². The number of carbonyl (C=O) groups excluding carboxylic acids is 2. The van der Waals surface area contributed by atoms with E-state index in [1.165, 1.54) is 17.0 Å². The maximum absolute atomic E-state index is 14.8. The van der Waals surface area contributed by atoms with E-state index >= 15 is 0 Å². The van der Waals surface area contributed by atoms with E-state index in [1.54, 1.807) is 20.8 Å². The quantitative estimate of drug-likeness (QED) is 0.714. The van der Waals surface area contributed by atoms with E-state index in [0.717, 1.165) is 0 Å². The van der Waals surface area contributed by atoms with Crippen LogP contribution < -0.4 is 10.8 Å². The topological polar surface area (TPSA) is 77.1 Å². The van der Waals surface area contributed by atoms with Crippen molar-refractivity contribution in [2.45, 2.75) is 77.7 Å². The molecule has 1 aromatic carbocycles. The molecule has 2 amide bonds. The van der Waals surface area contributed by atoms with Gasteiger partial charge in [-0.25, -0.2) is 13.6 Å². The lowest BCUT2D eigenvalue weighted by atomic mass is 9.78. The molecular formula is C22H31BF2N2O5. The van der Waals surface area contributed by atoms with Crippen LogP contribution in [0.15, 0.2) is 12.1 Å². The lowest BCUT2D eigenvalue weighted by Gasteiger charge is -2.32. The second-order valence-electron chi connectivity index (χ2n) is 10.3. The third-order valence-corrected chi connectivity index (χ3v) is 6.04. The van der Waals surface area contributed by atoms with Crippen molar-refractivity contribution in [1.29, 1.82) is 0 Å². The zero-order chi connectivity index (χ0) is 24.1. The smallest absolute Gasteiger partial charge is 0.444 e. The Balaban J connectivity index is 1.67. The Bertz CT molecular complexity index is 900. The monoisotopic (exact) mass is 452 g/mol. The first-order valence-electron chi connectivity index (χ1n) is 10.7. The Hall–Kier alpha value is -2.20. The molecule has 0 spiro atoms. The summed E-state index contributed by atoms with van der Waals surface area (Å²) in [5.74, 6) is -3.20. The number of hydrogen-bond acceptors (Lipinski definition) is 5.